The topological polar surface area (TPSA) is 29.1 Å². The van der Waals surface area contributed by atoms with Gasteiger partial charge < -0.3 is 5.32 Å². The van der Waals surface area contributed by atoms with E-state index < -0.39 is 0 Å². The molecule has 0 radical (unpaired) electrons. The van der Waals surface area contributed by atoms with Gasteiger partial charge in [-0.1, -0.05) is 60.5 Å². The van der Waals surface area contributed by atoms with Gasteiger partial charge in [-0.2, -0.15) is 0 Å². The second kappa shape index (κ2) is 8.60. The summed E-state index contributed by atoms with van der Waals surface area (Å²) in [5.74, 6) is 3.27. The summed E-state index contributed by atoms with van der Waals surface area (Å²) >= 11 is 0. The zero-order valence-corrected chi connectivity index (χ0v) is 14.9. The molecule has 0 fully saturated rings. The molecule has 0 saturated carbocycles. The summed E-state index contributed by atoms with van der Waals surface area (Å²) < 4.78 is 0. The van der Waals surface area contributed by atoms with E-state index in [1.165, 1.54) is 12.8 Å². The predicted octanol–water partition coefficient (Wildman–Crippen LogP) is 5.01. The molecule has 5 unspecified atom stereocenters. The van der Waals surface area contributed by atoms with Gasteiger partial charge in [0.25, 0.3) is 0 Å². The average Bonchev–Trinajstić information content (AvgIpc) is 2.54. The number of nitrogens with one attached hydrogen (secondary N) is 1. The first kappa shape index (κ1) is 18.3. The highest BCUT2D eigenvalue weighted by Crippen LogP contribution is 2.38. The van der Waals surface area contributed by atoms with E-state index >= 15 is 0 Å². The summed E-state index contributed by atoms with van der Waals surface area (Å²) in [4.78, 5) is 12.6. The predicted molar refractivity (Wildman–Crippen MR) is 90.7 cm³/mol. The highest BCUT2D eigenvalue weighted by molar-refractivity contribution is 5.80. The lowest BCUT2D eigenvalue weighted by atomic mass is 9.69. The third-order valence-corrected chi connectivity index (χ3v) is 5.66. The van der Waals surface area contributed by atoms with Gasteiger partial charge in [0.15, 0.2) is 0 Å². The summed E-state index contributed by atoms with van der Waals surface area (Å²) in [6.45, 7) is 13.6. The second-order valence-corrected chi connectivity index (χ2v) is 7.35. The molecule has 5 atom stereocenters. The Labute approximate surface area is 131 Å². The zero-order valence-electron chi connectivity index (χ0n) is 14.9. The highest BCUT2D eigenvalue weighted by Gasteiger charge is 2.36. The monoisotopic (exact) mass is 293 g/mol. The molecular weight excluding hydrogens is 258 g/mol. The lowest BCUT2D eigenvalue weighted by Crippen LogP contribution is -2.39. The Bertz CT molecular complexity index is 347. The smallest absolute Gasteiger partial charge is 0.227 e. The fraction of sp³-hybridized carbons (Fsp3) is 0.842. The van der Waals surface area contributed by atoms with Crippen molar-refractivity contribution in [3.05, 3.63) is 12.3 Å². The summed E-state index contributed by atoms with van der Waals surface area (Å²) in [5.41, 5.74) is 0. The normalized spacial score (nSPS) is 31.8. The van der Waals surface area contributed by atoms with E-state index in [-0.39, 0.29) is 11.8 Å². The van der Waals surface area contributed by atoms with Crippen molar-refractivity contribution in [3.63, 3.8) is 0 Å². The highest BCUT2D eigenvalue weighted by atomic mass is 16.1. The van der Waals surface area contributed by atoms with Crippen LogP contribution in [0.15, 0.2) is 12.3 Å². The molecule has 122 valence electrons. The Morgan fingerprint density at radius 1 is 1.14 bits per heavy atom. The van der Waals surface area contributed by atoms with Gasteiger partial charge >= 0.3 is 0 Å². The van der Waals surface area contributed by atoms with E-state index in [0.29, 0.717) is 23.7 Å². The van der Waals surface area contributed by atoms with E-state index in [9.17, 15) is 4.79 Å². The lowest BCUT2D eigenvalue weighted by molar-refractivity contribution is -0.128. The van der Waals surface area contributed by atoms with Crippen molar-refractivity contribution in [3.8, 4) is 0 Å². The SMILES string of the molecule is CCC(C)C1C/C=C\NC(=O)C(C(C)C)C(C(C)CC)C1. The minimum atomic E-state index is 0.134. The zero-order chi connectivity index (χ0) is 16.0. The van der Waals surface area contributed by atoms with Crippen LogP contribution in [0.3, 0.4) is 0 Å². The molecule has 0 aromatic rings. The molecule has 1 aliphatic rings. The molecular formula is C19H35NO. The van der Waals surface area contributed by atoms with E-state index in [1.54, 1.807) is 0 Å². The van der Waals surface area contributed by atoms with Crippen molar-refractivity contribution in [1.82, 2.24) is 5.32 Å². The first-order chi connectivity index (χ1) is 9.92. The van der Waals surface area contributed by atoms with Gasteiger partial charge in [0, 0.05) is 5.92 Å². The van der Waals surface area contributed by atoms with Crippen LogP contribution in [0.2, 0.25) is 0 Å². The molecule has 1 aliphatic heterocycles. The maximum Gasteiger partial charge on any atom is 0.227 e. The molecule has 0 aliphatic carbocycles. The van der Waals surface area contributed by atoms with Crippen molar-refractivity contribution >= 4 is 5.91 Å². The van der Waals surface area contributed by atoms with Gasteiger partial charge in [-0.15, -0.1) is 0 Å². The quantitative estimate of drug-likeness (QED) is 0.758. The molecule has 0 aromatic heterocycles. The molecule has 1 heterocycles. The van der Waals surface area contributed by atoms with Crippen LogP contribution >= 0.6 is 0 Å². The Morgan fingerprint density at radius 3 is 2.29 bits per heavy atom. The third-order valence-electron chi connectivity index (χ3n) is 5.66. The van der Waals surface area contributed by atoms with Gasteiger partial charge in [0.2, 0.25) is 5.91 Å². The molecule has 2 nitrogen and oxygen atoms in total. The minimum Gasteiger partial charge on any atom is -0.333 e. The largest absolute Gasteiger partial charge is 0.333 e. The summed E-state index contributed by atoms with van der Waals surface area (Å²) in [6, 6.07) is 0. The maximum atomic E-state index is 12.6. The summed E-state index contributed by atoms with van der Waals surface area (Å²) in [6.07, 6.45) is 8.69. The lowest BCUT2D eigenvalue weighted by Gasteiger charge is -2.36. The first-order valence-corrected chi connectivity index (χ1v) is 8.87. The fourth-order valence-electron chi connectivity index (χ4n) is 3.75. The van der Waals surface area contributed by atoms with Crippen molar-refractivity contribution < 1.29 is 4.79 Å². The number of allylic oxidation sites excluding steroid dienone is 1. The molecule has 0 bridgehead atoms. The minimum absolute atomic E-state index is 0.134. The van der Waals surface area contributed by atoms with Crippen LogP contribution in [0.4, 0.5) is 0 Å². The standard InChI is InChI=1S/C19H35NO/c1-7-14(5)16-10-9-11-20-19(21)18(13(3)4)17(12-16)15(6)8-2/h9,11,13-18H,7-8,10,12H2,1-6H3,(H,20,21)/b11-9-. The van der Waals surface area contributed by atoms with E-state index in [4.69, 9.17) is 0 Å². The van der Waals surface area contributed by atoms with Gasteiger partial charge in [-0.05, 0) is 48.6 Å². The van der Waals surface area contributed by atoms with Crippen molar-refractivity contribution in [2.45, 2.75) is 67.2 Å². The summed E-state index contributed by atoms with van der Waals surface area (Å²) in [5, 5.41) is 3.02. The van der Waals surface area contributed by atoms with Gasteiger partial charge in [0.1, 0.15) is 0 Å². The van der Waals surface area contributed by atoms with Gasteiger partial charge in [-0.3, -0.25) is 4.79 Å². The van der Waals surface area contributed by atoms with Crippen molar-refractivity contribution in [2.75, 3.05) is 0 Å². The molecule has 0 saturated heterocycles. The molecule has 0 aromatic carbocycles. The van der Waals surface area contributed by atoms with Crippen LogP contribution in [-0.2, 0) is 4.79 Å². The molecule has 2 heteroatoms. The van der Waals surface area contributed by atoms with Crippen LogP contribution in [-0.4, -0.2) is 5.91 Å². The van der Waals surface area contributed by atoms with Crippen LogP contribution in [0.25, 0.3) is 0 Å². The first-order valence-electron chi connectivity index (χ1n) is 8.87. The molecule has 1 N–H and O–H groups in total. The summed E-state index contributed by atoms with van der Waals surface area (Å²) in [7, 11) is 0. The molecule has 1 rings (SSSR count). The molecule has 0 spiro atoms. The Hall–Kier alpha value is -0.790. The number of carbonyl (C=O) groups excluding carboxylic acids is 1. The van der Waals surface area contributed by atoms with Crippen LogP contribution in [0.5, 0.6) is 0 Å². The fourth-order valence-corrected chi connectivity index (χ4v) is 3.75. The van der Waals surface area contributed by atoms with Crippen LogP contribution < -0.4 is 5.32 Å². The van der Waals surface area contributed by atoms with E-state index in [2.05, 4.69) is 52.9 Å². The van der Waals surface area contributed by atoms with Crippen molar-refractivity contribution in [2.24, 2.45) is 35.5 Å². The maximum absolute atomic E-state index is 12.6. The third kappa shape index (κ3) is 4.86. The van der Waals surface area contributed by atoms with Crippen molar-refractivity contribution in [1.29, 1.82) is 0 Å². The number of carbonyl (C=O) groups is 1. The van der Waals surface area contributed by atoms with E-state index in [1.807, 2.05) is 6.20 Å². The average molecular weight is 293 g/mol. The van der Waals surface area contributed by atoms with Crippen LogP contribution in [0, 0.1) is 35.5 Å². The number of rotatable bonds is 5. The molecule has 1 amide bonds. The number of hydrogen-bond acceptors (Lipinski definition) is 1. The Kier molecular flexibility index (Phi) is 7.48. The van der Waals surface area contributed by atoms with E-state index in [0.717, 1.165) is 18.8 Å². The second-order valence-electron chi connectivity index (χ2n) is 7.35. The van der Waals surface area contributed by atoms with Gasteiger partial charge in [-0.25, -0.2) is 0 Å². The number of hydrogen-bond donors (Lipinski definition) is 1. The Morgan fingerprint density at radius 2 is 1.76 bits per heavy atom. The van der Waals surface area contributed by atoms with Gasteiger partial charge in [0.05, 0.1) is 0 Å². The Balaban J connectivity index is 3.08. The van der Waals surface area contributed by atoms with Crippen LogP contribution in [0.1, 0.15) is 67.2 Å². The molecule has 21 heavy (non-hydrogen) atoms. The number of amides is 1.